The molecule has 2 saturated carbocycles. The molecule has 2 atom stereocenters. The van der Waals surface area contributed by atoms with E-state index in [0.717, 1.165) is 19.4 Å². The number of hydrogen-bond acceptors (Lipinski definition) is 3. The van der Waals surface area contributed by atoms with Gasteiger partial charge < -0.3 is 4.90 Å². The molecular weight excluding hydrogens is 234 g/mol. The lowest BCUT2D eigenvalue weighted by Crippen LogP contribution is -2.53. The van der Waals surface area contributed by atoms with Gasteiger partial charge in [-0.25, -0.2) is 0 Å². The van der Waals surface area contributed by atoms with Gasteiger partial charge in [0.2, 0.25) is 0 Å². The molecule has 2 fully saturated rings. The third-order valence-corrected chi connectivity index (χ3v) is 4.34. The number of rotatable bonds is 4. The van der Waals surface area contributed by atoms with Gasteiger partial charge in [0.1, 0.15) is 5.54 Å². The van der Waals surface area contributed by atoms with Crippen molar-refractivity contribution >= 4 is 0 Å². The first-order valence-electron chi connectivity index (χ1n) is 7.73. The van der Waals surface area contributed by atoms with Crippen LogP contribution in [0, 0.1) is 16.7 Å². The van der Waals surface area contributed by atoms with Gasteiger partial charge >= 0.3 is 0 Å². The zero-order valence-electron chi connectivity index (χ0n) is 13.0. The van der Waals surface area contributed by atoms with Crippen molar-refractivity contribution < 1.29 is 0 Å². The van der Waals surface area contributed by atoms with Crippen molar-refractivity contribution in [1.29, 1.82) is 5.26 Å². The maximum Gasteiger partial charge on any atom is 0.108 e. The highest BCUT2D eigenvalue weighted by Gasteiger charge is 2.41. The Balaban J connectivity index is 1.97. The maximum atomic E-state index is 9.62. The molecule has 1 N–H and O–H groups in total. The highest BCUT2D eigenvalue weighted by molar-refractivity contribution is 5.13. The molecule has 0 spiro atoms. The minimum absolute atomic E-state index is 0.254. The Morgan fingerprint density at radius 3 is 2.53 bits per heavy atom. The third kappa shape index (κ3) is 4.19. The van der Waals surface area contributed by atoms with E-state index in [-0.39, 0.29) is 5.54 Å². The summed E-state index contributed by atoms with van der Waals surface area (Å²) in [5.41, 5.74) is 0.0711. The van der Waals surface area contributed by atoms with Crippen LogP contribution in [0.25, 0.3) is 0 Å². The zero-order chi connectivity index (χ0) is 14.1. The van der Waals surface area contributed by atoms with Gasteiger partial charge in [-0.3, -0.25) is 5.32 Å². The van der Waals surface area contributed by atoms with Crippen molar-refractivity contribution in [3.63, 3.8) is 0 Å². The summed E-state index contributed by atoms with van der Waals surface area (Å²) >= 11 is 0. The smallest absolute Gasteiger partial charge is 0.108 e. The van der Waals surface area contributed by atoms with Gasteiger partial charge in [-0.05, 0) is 51.0 Å². The second-order valence-electron chi connectivity index (χ2n) is 7.84. The average Bonchev–Trinajstić information content (AvgIpc) is 3.11. The average molecular weight is 263 g/mol. The SMILES string of the molecule is CN(CC(C)(C)C)C1CCCC(C#N)(NC2CC2)C1. The third-order valence-electron chi connectivity index (χ3n) is 4.34. The molecule has 3 nitrogen and oxygen atoms in total. The van der Waals surface area contributed by atoms with E-state index in [1.54, 1.807) is 0 Å². The Hall–Kier alpha value is -0.590. The zero-order valence-corrected chi connectivity index (χ0v) is 13.0. The van der Waals surface area contributed by atoms with Gasteiger partial charge in [-0.15, -0.1) is 0 Å². The van der Waals surface area contributed by atoms with Crippen LogP contribution in [-0.4, -0.2) is 36.1 Å². The van der Waals surface area contributed by atoms with Gasteiger partial charge in [0.25, 0.3) is 0 Å². The molecule has 0 aromatic rings. The standard InChI is InChI=1S/C16H29N3/c1-15(2,3)12-19(4)14-6-5-9-16(10-14,11-17)18-13-7-8-13/h13-14,18H,5-10,12H2,1-4H3. The summed E-state index contributed by atoms with van der Waals surface area (Å²) < 4.78 is 0. The lowest BCUT2D eigenvalue weighted by molar-refractivity contribution is 0.110. The normalized spacial score (nSPS) is 32.3. The summed E-state index contributed by atoms with van der Waals surface area (Å²) in [6, 6.07) is 3.77. The number of hydrogen-bond donors (Lipinski definition) is 1. The highest BCUT2D eigenvalue weighted by atomic mass is 15.2. The molecule has 0 heterocycles. The number of nitrogens with one attached hydrogen (secondary N) is 1. The summed E-state index contributed by atoms with van der Waals surface area (Å²) in [6.45, 7) is 7.95. The molecule has 0 aliphatic heterocycles. The Kier molecular flexibility index (Phi) is 4.23. The predicted molar refractivity (Wildman–Crippen MR) is 78.8 cm³/mol. The van der Waals surface area contributed by atoms with Gasteiger partial charge in [0.05, 0.1) is 6.07 Å². The fraction of sp³-hybridized carbons (Fsp3) is 0.938. The Bertz CT molecular complexity index is 348. The Labute approximate surface area is 118 Å². The largest absolute Gasteiger partial charge is 0.303 e. The molecule has 2 aliphatic carbocycles. The Morgan fingerprint density at radius 2 is 2.00 bits per heavy atom. The molecular formula is C16H29N3. The van der Waals surface area contributed by atoms with Crippen molar-refractivity contribution in [2.45, 2.75) is 76.9 Å². The fourth-order valence-electron chi connectivity index (χ4n) is 3.38. The fourth-order valence-corrected chi connectivity index (χ4v) is 3.38. The molecule has 3 heteroatoms. The Morgan fingerprint density at radius 1 is 1.32 bits per heavy atom. The van der Waals surface area contributed by atoms with Crippen LogP contribution in [-0.2, 0) is 0 Å². The first-order chi connectivity index (χ1) is 8.84. The first kappa shape index (κ1) is 14.8. The number of nitrogens with zero attached hydrogens (tertiary/aromatic N) is 2. The second-order valence-corrected chi connectivity index (χ2v) is 7.84. The van der Waals surface area contributed by atoms with Crippen LogP contribution in [0.2, 0.25) is 0 Å². The van der Waals surface area contributed by atoms with Gasteiger partial charge in [-0.1, -0.05) is 20.8 Å². The van der Waals surface area contributed by atoms with E-state index in [2.05, 4.69) is 44.1 Å². The summed E-state index contributed by atoms with van der Waals surface area (Å²) in [5, 5.41) is 13.2. The van der Waals surface area contributed by atoms with Crippen molar-refractivity contribution in [2.75, 3.05) is 13.6 Å². The molecule has 19 heavy (non-hydrogen) atoms. The molecule has 2 aliphatic rings. The van der Waals surface area contributed by atoms with Crippen molar-refractivity contribution in [2.24, 2.45) is 5.41 Å². The van der Waals surface area contributed by atoms with Gasteiger partial charge in [0, 0.05) is 18.6 Å². The monoisotopic (exact) mass is 263 g/mol. The van der Waals surface area contributed by atoms with E-state index in [0.29, 0.717) is 17.5 Å². The molecule has 108 valence electrons. The molecule has 2 unspecified atom stereocenters. The summed E-state index contributed by atoms with van der Waals surface area (Å²) in [5.74, 6) is 0. The van der Waals surface area contributed by atoms with E-state index in [4.69, 9.17) is 0 Å². The van der Waals surface area contributed by atoms with Gasteiger partial charge in [-0.2, -0.15) is 5.26 Å². The molecule has 2 rings (SSSR count). The van der Waals surface area contributed by atoms with Crippen LogP contribution < -0.4 is 5.32 Å². The van der Waals surface area contributed by atoms with E-state index in [1.807, 2.05) is 0 Å². The minimum atomic E-state index is -0.254. The van der Waals surface area contributed by atoms with E-state index < -0.39 is 0 Å². The highest BCUT2D eigenvalue weighted by Crippen LogP contribution is 2.34. The summed E-state index contributed by atoms with van der Waals surface area (Å²) in [6.07, 6.45) is 6.94. The second kappa shape index (κ2) is 5.42. The lowest BCUT2D eigenvalue weighted by Gasteiger charge is -2.42. The van der Waals surface area contributed by atoms with Gasteiger partial charge in [0.15, 0.2) is 0 Å². The predicted octanol–water partition coefficient (Wildman–Crippen LogP) is 2.92. The molecule has 0 bridgehead atoms. The van der Waals surface area contributed by atoms with Crippen molar-refractivity contribution in [3.8, 4) is 6.07 Å². The van der Waals surface area contributed by atoms with Crippen LogP contribution in [0.15, 0.2) is 0 Å². The lowest BCUT2D eigenvalue weighted by atomic mass is 9.78. The molecule has 0 aromatic carbocycles. The van der Waals surface area contributed by atoms with Crippen molar-refractivity contribution in [3.05, 3.63) is 0 Å². The quantitative estimate of drug-likeness (QED) is 0.847. The maximum absolute atomic E-state index is 9.62. The van der Waals surface area contributed by atoms with Crippen LogP contribution in [0.5, 0.6) is 0 Å². The molecule has 0 amide bonds. The summed E-state index contributed by atoms with van der Waals surface area (Å²) in [7, 11) is 2.22. The topological polar surface area (TPSA) is 39.1 Å². The minimum Gasteiger partial charge on any atom is -0.303 e. The van der Waals surface area contributed by atoms with Crippen molar-refractivity contribution in [1.82, 2.24) is 10.2 Å². The van der Waals surface area contributed by atoms with Crippen LogP contribution >= 0.6 is 0 Å². The first-order valence-corrected chi connectivity index (χ1v) is 7.73. The molecule has 0 saturated heterocycles. The van der Waals surface area contributed by atoms with Crippen LogP contribution in [0.1, 0.15) is 59.3 Å². The molecule has 0 aromatic heterocycles. The van der Waals surface area contributed by atoms with Crippen LogP contribution in [0.4, 0.5) is 0 Å². The van der Waals surface area contributed by atoms with E-state index >= 15 is 0 Å². The van der Waals surface area contributed by atoms with E-state index in [1.165, 1.54) is 25.7 Å². The summed E-state index contributed by atoms with van der Waals surface area (Å²) in [4.78, 5) is 2.47. The van der Waals surface area contributed by atoms with E-state index in [9.17, 15) is 5.26 Å². The molecule has 0 radical (unpaired) electrons. The number of nitriles is 1. The van der Waals surface area contributed by atoms with Crippen LogP contribution in [0.3, 0.4) is 0 Å².